The molecule has 1 aromatic heterocycles. The van der Waals surface area contributed by atoms with Crippen molar-refractivity contribution in [1.29, 1.82) is 0 Å². The second-order valence-corrected chi connectivity index (χ2v) is 7.43. The number of rotatable bonds is 5. The van der Waals surface area contributed by atoms with E-state index < -0.39 is 0 Å². The molecule has 0 bridgehead atoms. The lowest BCUT2D eigenvalue weighted by molar-refractivity contribution is 0.0948. The first-order chi connectivity index (χ1) is 13.8. The Balaban J connectivity index is 1.65. The predicted octanol–water partition coefficient (Wildman–Crippen LogP) is 4.24. The molecule has 5 nitrogen and oxygen atoms in total. The lowest BCUT2D eigenvalue weighted by atomic mass is 10.1. The van der Waals surface area contributed by atoms with Gasteiger partial charge in [0.05, 0.1) is 12.2 Å². The van der Waals surface area contributed by atoms with Crippen LogP contribution in [0, 0.1) is 25.5 Å². The first-order valence-electron chi connectivity index (χ1n) is 8.79. The van der Waals surface area contributed by atoms with Crippen LogP contribution in [0.5, 0.6) is 0 Å². The second-order valence-electron chi connectivity index (χ2n) is 6.60. The molecule has 0 aliphatic heterocycles. The summed E-state index contributed by atoms with van der Waals surface area (Å²) in [7, 11) is 1.59. The van der Waals surface area contributed by atoms with E-state index in [9.17, 15) is 18.4 Å². The number of aromatic nitrogens is 1. The number of halogens is 2. The van der Waals surface area contributed by atoms with Crippen LogP contribution in [0.4, 0.5) is 13.9 Å². The minimum Gasteiger partial charge on any atom is -0.346 e. The van der Waals surface area contributed by atoms with Gasteiger partial charge in [-0.25, -0.2) is 13.8 Å². The number of nitrogens with one attached hydrogen (secondary N) is 1. The summed E-state index contributed by atoms with van der Waals surface area (Å²) >= 11 is 1.26. The van der Waals surface area contributed by atoms with Crippen molar-refractivity contribution in [3.05, 3.63) is 81.4 Å². The third-order valence-corrected chi connectivity index (χ3v) is 5.35. The van der Waals surface area contributed by atoms with Gasteiger partial charge in [0.25, 0.3) is 11.8 Å². The van der Waals surface area contributed by atoms with Crippen LogP contribution in [-0.2, 0) is 6.54 Å². The van der Waals surface area contributed by atoms with Crippen molar-refractivity contribution in [1.82, 2.24) is 10.3 Å². The van der Waals surface area contributed by atoms with Crippen molar-refractivity contribution in [2.45, 2.75) is 20.4 Å². The van der Waals surface area contributed by atoms with E-state index in [1.54, 1.807) is 26.3 Å². The van der Waals surface area contributed by atoms with Gasteiger partial charge in [0.2, 0.25) is 0 Å². The van der Waals surface area contributed by atoms with Crippen LogP contribution in [-0.4, -0.2) is 23.8 Å². The fraction of sp³-hybridized carbons (Fsp3) is 0.190. The van der Waals surface area contributed by atoms with Crippen molar-refractivity contribution in [2.75, 3.05) is 11.9 Å². The van der Waals surface area contributed by atoms with Gasteiger partial charge in [-0.05, 0) is 61.4 Å². The normalized spacial score (nSPS) is 10.7. The van der Waals surface area contributed by atoms with E-state index in [2.05, 4.69) is 10.3 Å². The molecule has 8 heteroatoms. The molecule has 150 valence electrons. The fourth-order valence-corrected chi connectivity index (χ4v) is 3.44. The topological polar surface area (TPSA) is 62.3 Å². The third-order valence-electron chi connectivity index (χ3n) is 4.39. The Kier molecular flexibility index (Phi) is 6.03. The molecule has 0 saturated heterocycles. The number of anilines is 1. The van der Waals surface area contributed by atoms with Gasteiger partial charge in [-0.1, -0.05) is 0 Å². The first kappa shape index (κ1) is 20.6. The molecule has 0 saturated carbocycles. The number of hydrogen-bond donors (Lipinski definition) is 1. The average molecular weight is 415 g/mol. The number of hydrogen-bond acceptors (Lipinski definition) is 4. The lowest BCUT2D eigenvalue weighted by Crippen LogP contribution is -2.26. The molecule has 0 aliphatic rings. The van der Waals surface area contributed by atoms with Gasteiger partial charge in [-0.15, -0.1) is 11.3 Å². The van der Waals surface area contributed by atoms with Crippen LogP contribution in [0.2, 0.25) is 0 Å². The Hall–Kier alpha value is -3.13. The van der Waals surface area contributed by atoms with Crippen LogP contribution in [0.3, 0.4) is 0 Å². The van der Waals surface area contributed by atoms with E-state index in [0.717, 1.165) is 0 Å². The summed E-state index contributed by atoms with van der Waals surface area (Å²) in [4.78, 5) is 30.6. The Bertz CT molecular complexity index is 1080. The summed E-state index contributed by atoms with van der Waals surface area (Å²) < 4.78 is 26.7. The summed E-state index contributed by atoms with van der Waals surface area (Å²) in [5.41, 5.74) is 2.10. The van der Waals surface area contributed by atoms with Gasteiger partial charge >= 0.3 is 0 Å². The molecular formula is C21H19F2N3O2S. The van der Waals surface area contributed by atoms with Gasteiger partial charge in [-0.2, -0.15) is 0 Å². The Labute approximate surface area is 171 Å². The van der Waals surface area contributed by atoms with Crippen LogP contribution in [0.15, 0.2) is 41.8 Å². The van der Waals surface area contributed by atoms with Crippen LogP contribution in [0.25, 0.3) is 0 Å². The Morgan fingerprint density at radius 3 is 2.24 bits per heavy atom. The molecule has 0 unspecified atom stereocenters. The van der Waals surface area contributed by atoms with E-state index in [1.807, 2.05) is 0 Å². The van der Waals surface area contributed by atoms with Crippen LogP contribution < -0.4 is 10.2 Å². The van der Waals surface area contributed by atoms with Crippen molar-refractivity contribution in [2.24, 2.45) is 0 Å². The molecule has 29 heavy (non-hydrogen) atoms. The highest BCUT2D eigenvalue weighted by Crippen LogP contribution is 2.22. The van der Waals surface area contributed by atoms with Crippen LogP contribution >= 0.6 is 11.3 Å². The molecule has 3 rings (SSSR count). The van der Waals surface area contributed by atoms with Crippen molar-refractivity contribution in [3.63, 3.8) is 0 Å². The van der Waals surface area contributed by atoms with Gasteiger partial charge in [0.15, 0.2) is 5.13 Å². The maximum atomic E-state index is 13.4. The number of amides is 2. The highest BCUT2D eigenvalue weighted by atomic mass is 32.1. The third kappa shape index (κ3) is 4.65. The maximum Gasteiger partial charge on any atom is 0.259 e. The first-order valence-corrected chi connectivity index (χ1v) is 9.67. The highest BCUT2D eigenvalue weighted by Gasteiger charge is 2.18. The zero-order valence-corrected chi connectivity index (χ0v) is 16.9. The summed E-state index contributed by atoms with van der Waals surface area (Å²) in [5.74, 6) is -1.38. The summed E-state index contributed by atoms with van der Waals surface area (Å²) in [6, 6.07) is 8.34. The van der Waals surface area contributed by atoms with Gasteiger partial charge in [0.1, 0.15) is 11.6 Å². The minimum atomic E-state index is -0.368. The summed E-state index contributed by atoms with van der Waals surface area (Å²) in [6.07, 6.45) is 0. The van der Waals surface area contributed by atoms with Crippen LogP contribution in [0.1, 0.15) is 37.5 Å². The van der Waals surface area contributed by atoms with E-state index in [0.29, 0.717) is 33.1 Å². The lowest BCUT2D eigenvalue weighted by Gasteiger charge is -2.14. The molecule has 0 spiro atoms. The molecule has 1 N–H and O–H groups in total. The standard InChI is InChI=1S/C21H19F2N3O2S/c1-12-8-14(4-6-17(12)22)19(27)24-10-16-11-29-21(25-16)26(3)20(28)15-5-7-18(23)13(2)9-15/h4-9,11H,10H2,1-3H3,(H,24,27). The maximum absolute atomic E-state index is 13.4. The molecule has 0 aliphatic carbocycles. The fourth-order valence-electron chi connectivity index (χ4n) is 2.65. The zero-order valence-electron chi connectivity index (χ0n) is 16.1. The van der Waals surface area contributed by atoms with E-state index >= 15 is 0 Å². The quantitative estimate of drug-likeness (QED) is 0.678. The van der Waals surface area contributed by atoms with Gasteiger partial charge in [-0.3, -0.25) is 14.5 Å². The average Bonchev–Trinajstić information content (AvgIpc) is 3.18. The van der Waals surface area contributed by atoms with E-state index in [1.165, 1.54) is 52.6 Å². The largest absolute Gasteiger partial charge is 0.346 e. The van der Waals surface area contributed by atoms with Crippen molar-refractivity contribution >= 4 is 28.3 Å². The van der Waals surface area contributed by atoms with Gasteiger partial charge in [0, 0.05) is 23.6 Å². The number of benzene rings is 2. The number of nitrogens with zero attached hydrogens (tertiary/aromatic N) is 2. The zero-order chi connectivity index (χ0) is 21.1. The van der Waals surface area contributed by atoms with Crippen molar-refractivity contribution < 1.29 is 18.4 Å². The SMILES string of the molecule is Cc1cc(C(=O)NCc2csc(N(C)C(=O)c3ccc(F)c(C)c3)n2)ccc1F. The Morgan fingerprint density at radius 2 is 1.62 bits per heavy atom. The molecule has 2 aromatic carbocycles. The molecule has 3 aromatic rings. The molecule has 0 radical (unpaired) electrons. The smallest absolute Gasteiger partial charge is 0.259 e. The van der Waals surface area contributed by atoms with Gasteiger partial charge < -0.3 is 5.32 Å². The second kappa shape index (κ2) is 8.48. The number of carbonyl (C=O) groups is 2. The Morgan fingerprint density at radius 1 is 1.03 bits per heavy atom. The number of carbonyl (C=O) groups excluding carboxylic acids is 2. The molecule has 0 fully saturated rings. The monoisotopic (exact) mass is 415 g/mol. The molecule has 0 atom stereocenters. The minimum absolute atomic E-state index is 0.170. The molecular weight excluding hydrogens is 396 g/mol. The van der Waals surface area contributed by atoms with Crippen molar-refractivity contribution in [3.8, 4) is 0 Å². The highest BCUT2D eigenvalue weighted by molar-refractivity contribution is 7.14. The number of aryl methyl sites for hydroxylation is 2. The molecule has 2 amide bonds. The van der Waals surface area contributed by atoms with E-state index in [4.69, 9.17) is 0 Å². The number of thiazole rings is 1. The van der Waals surface area contributed by atoms with E-state index in [-0.39, 0.29) is 30.0 Å². The summed E-state index contributed by atoms with van der Waals surface area (Å²) in [6.45, 7) is 3.36. The molecule has 1 heterocycles. The summed E-state index contributed by atoms with van der Waals surface area (Å²) in [5, 5.41) is 4.93. The predicted molar refractivity (Wildman–Crippen MR) is 108 cm³/mol.